The number of carbonyl (C=O) groups is 1. The number of rotatable bonds is 6. The molecule has 0 heterocycles. The van der Waals surface area contributed by atoms with E-state index in [2.05, 4.69) is 5.32 Å². The van der Waals surface area contributed by atoms with E-state index in [9.17, 15) is 4.79 Å². The second-order valence-corrected chi connectivity index (χ2v) is 3.54. The molecule has 3 N–H and O–H groups in total. The minimum absolute atomic E-state index is 0.0140. The van der Waals surface area contributed by atoms with Crippen LogP contribution in [0.15, 0.2) is 36.4 Å². The molecule has 4 nitrogen and oxygen atoms in total. The SMILES string of the molecule is COc1cccc(CC(=O)NC/C=C/CN)c1. The molecule has 17 heavy (non-hydrogen) atoms. The van der Waals surface area contributed by atoms with E-state index < -0.39 is 0 Å². The molecule has 0 atom stereocenters. The first kappa shape index (κ1) is 13.3. The highest BCUT2D eigenvalue weighted by Crippen LogP contribution is 2.12. The van der Waals surface area contributed by atoms with Crippen molar-refractivity contribution in [3.63, 3.8) is 0 Å². The Morgan fingerprint density at radius 2 is 2.29 bits per heavy atom. The van der Waals surface area contributed by atoms with Crippen LogP contribution in [0.5, 0.6) is 5.75 Å². The van der Waals surface area contributed by atoms with Gasteiger partial charge in [0, 0.05) is 13.1 Å². The second kappa shape index (κ2) is 7.46. The van der Waals surface area contributed by atoms with Gasteiger partial charge in [-0.1, -0.05) is 24.3 Å². The van der Waals surface area contributed by atoms with Crippen LogP contribution in [-0.2, 0) is 11.2 Å². The first-order chi connectivity index (χ1) is 8.26. The lowest BCUT2D eigenvalue weighted by Crippen LogP contribution is -2.25. The van der Waals surface area contributed by atoms with Gasteiger partial charge >= 0.3 is 0 Å². The maximum absolute atomic E-state index is 11.6. The van der Waals surface area contributed by atoms with Crippen LogP contribution in [0.4, 0.5) is 0 Å². The molecule has 1 aromatic rings. The number of nitrogens with one attached hydrogen (secondary N) is 1. The van der Waals surface area contributed by atoms with Gasteiger partial charge in [0.15, 0.2) is 0 Å². The van der Waals surface area contributed by atoms with Crippen molar-refractivity contribution in [2.45, 2.75) is 6.42 Å². The van der Waals surface area contributed by atoms with Crippen LogP contribution in [0, 0.1) is 0 Å². The lowest BCUT2D eigenvalue weighted by atomic mass is 10.1. The lowest BCUT2D eigenvalue weighted by molar-refractivity contribution is -0.120. The fraction of sp³-hybridized carbons (Fsp3) is 0.308. The van der Waals surface area contributed by atoms with Crippen LogP contribution in [0.25, 0.3) is 0 Å². The molecule has 0 aliphatic rings. The molecule has 1 aromatic carbocycles. The summed E-state index contributed by atoms with van der Waals surface area (Å²) in [4.78, 5) is 11.6. The summed E-state index contributed by atoms with van der Waals surface area (Å²) in [6, 6.07) is 7.48. The van der Waals surface area contributed by atoms with Crippen LogP contribution in [0.3, 0.4) is 0 Å². The Balaban J connectivity index is 2.42. The van der Waals surface area contributed by atoms with Crippen LogP contribution in [-0.4, -0.2) is 26.1 Å². The van der Waals surface area contributed by atoms with E-state index in [4.69, 9.17) is 10.5 Å². The number of hydrogen-bond acceptors (Lipinski definition) is 3. The zero-order valence-electron chi connectivity index (χ0n) is 9.98. The van der Waals surface area contributed by atoms with Gasteiger partial charge in [0.1, 0.15) is 5.75 Å². The molecule has 0 bridgehead atoms. The summed E-state index contributed by atoms with van der Waals surface area (Å²) in [5, 5.41) is 2.78. The maximum atomic E-state index is 11.6. The minimum atomic E-state index is -0.0140. The van der Waals surface area contributed by atoms with Gasteiger partial charge in [-0.3, -0.25) is 4.79 Å². The minimum Gasteiger partial charge on any atom is -0.497 e. The van der Waals surface area contributed by atoms with Crippen molar-refractivity contribution in [1.82, 2.24) is 5.32 Å². The number of amides is 1. The van der Waals surface area contributed by atoms with Gasteiger partial charge in [-0.25, -0.2) is 0 Å². The highest BCUT2D eigenvalue weighted by Gasteiger charge is 2.02. The van der Waals surface area contributed by atoms with Gasteiger partial charge in [0.05, 0.1) is 13.5 Å². The molecule has 1 rings (SSSR count). The quantitative estimate of drug-likeness (QED) is 0.718. The van der Waals surface area contributed by atoms with E-state index in [1.165, 1.54) is 0 Å². The fourth-order valence-electron chi connectivity index (χ4n) is 1.38. The maximum Gasteiger partial charge on any atom is 0.224 e. The number of carbonyl (C=O) groups excluding carboxylic acids is 1. The van der Waals surface area contributed by atoms with E-state index in [-0.39, 0.29) is 5.91 Å². The van der Waals surface area contributed by atoms with Crippen molar-refractivity contribution >= 4 is 5.91 Å². The number of hydrogen-bond donors (Lipinski definition) is 2. The molecule has 4 heteroatoms. The van der Waals surface area contributed by atoms with Crippen LogP contribution >= 0.6 is 0 Å². The van der Waals surface area contributed by atoms with Crippen molar-refractivity contribution in [3.05, 3.63) is 42.0 Å². The zero-order valence-corrected chi connectivity index (χ0v) is 9.98. The normalized spacial score (nSPS) is 10.5. The summed E-state index contributed by atoms with van der Waals surface area (Å²) in [5.41, 5.74) is 6.22. The molecule has 0 spiro atoms. The van der Waals surface area contributed by atoms with E-state index >= 15 is 0 Å². The predicted octanol–water partition coefficient (Wildman–Crippen LogP) is 0.869. The number of nitrogens with two attached hydrogens (primary N) is 1. The highest BCUT2D eigenvalue weighted by atomic mass is 16.5. The van der Waals surface area contributed by atoms with Gasteiger partial charge in [0.25, 0.3) is 0 Å². The summed E-state index contributed by atoms with van der Waals surface area (Å²) in [5.74, 6) is 0.748. The van der Waals surface area contributed by atoms with Crippen molar-refractivity contribution in [2.75, 3.05) is 20.2 Å². The second-order valence-electron chi connectivity index (χ2n) is 3.54. The Morgan fingerprint density at radius 3 is 3.00 bits per heavy atom. The predicted molar refractivity (Wildman–Crippen MR) is 67.9 cm³/mol. The van der Waals surface area contributed by atoms with Crippen molar-refractivity contribution in [3.8, 4) is 5.75 Å². The molecule has 1 amide bonds. The lowest BCUT2D eigenvalue weighted by Gasteiger charge is -2.04. The average Bonchev–Trinajstić information content (AvgIpc) is 2.35. The molecule has 0 saturated carbocycles. The Hall–Kier alpha value is -1.81. The average molecular weight is 234 g/mol. The molecule has 0 saturated heterocycles. The van der Waals surface area contributed by atoms with Crippen molar-refractivity contribution in [1.29, 1.82) is 0 Å². The molecule has 92 valence electrons. The van der Waals surface area contributed by atoms with E-state index in [1.54, 1.807) is 7.11 Å². The molecular weight excluding hydrogens is 216 g/mol. The van der Waals surface area contributed by atoms with Gasteiger partial charge in [-0.05, 0) is 17.7 Å². The molecule has 0 aliphatic heterocycles. The first-order valence-corrected chi connectivity index (χ1v) is 5.51. The monoisotopic (exact) mass is 234 g/mol. The molecule has 0 fully saturated rings. The third-order valence-electron chi connectivity index (χ3n) is 2.22. The van der Waals surface area contributed by atoms with E-state index in [0.29, 0.717) is 19.5 Å². The smallest absolute Gasteiger partial charge is 0.224 e. The summed E-state index contributed by atoms with van der Waals surface area (Å²) >= 11 is 0. The number of methoxy groups -OCH3 is 1. The Kier molecular flexibility index (Phi) is 5.82. The summed E-state index contributed by atoms with van der Waals surface area (Å²) < 4.78 is 5.09. The zero-order chi connectivity index (χ0) is 12.5. The number of benzene rings is 1. The first-order valence-electron chi connectivity index (χ1n) is 5.51. The molecule has 0 aliphatic carbocycles. The fourth-order valence-corrected chi connectivity index (χ4v) is 1.38. The topological polar surface area (TPSA) is 64.3 Å². The van der Waals surface area contributed by atoms with Crippen molar-refractivity contribution < 1.29 is 9.53 Å². The molecule has 0 radical (unpaired) electrons. The van der Waals surface area contributed by atoms with Crippen molar-refractivity contribution in [2.24, 2.45) is 5.73 Å². The molecule has 0 unspecified atom stereocenters. The Bertz CT molecular complexity index is 389. The Labute approximate surface area is 101 Å². The van der Waals surface area contributed by atoms with Gasteiger partial charge in [-0.15, -0.1) is 0 Å². The largest absolute Gasteiger partial charge is 0.497 e. The van der Waals surface area contributed by atoms with Gasteiger partial charge < -0.3 is 15.8 Å². The number of ether oxygens (including phenoxy) is 1. The Morgan fingerprint density at radius 1 is 1.47 bits per heavy atom. The molecule has 0 aromatic heterocycles. The van der Waals surface area contributed by atoms with Gasteiger partial charge in [-0.2, -0.15) is 0 Å². The van der Waals surface area contributed by atoms with Gasteiger partial charge in [0.2, 0.25) is 5.91 Å². The van der Waals surface area contributed by atoms with E-state index in [0.717, 1.165) is 11.3 Å². The third-order valence-corrected chi connectivity index (χ3v) is 2.22. The standard InChI is InChI=1S/C13H18N2O2/c1-17-12-6-4-5-11(9-12)10-13(16)15-8-3-2-7-14/h2-6,9H,7-8,10,14H2,1H3,(H,15,16)/b3-2+. The van der Waals surface area contributed by atoms with Crippen LogP contribution in [0.1, 0.15) is 5.56 Å². The third kappa shape index (κ3) is 5.17. The summed E-state index contributed by atoms with van der Waals surface area (Å²) in [6.45, 7) is 1.01. The summed E-state index contributed by atoms with van der Waals surface area (Å²) in [6.07, 6.45) is 4.00. The highest BCUT2D eigenvalue weighted by molar-refractivity contribution is 5.78. The van der Waals surface area contributed by atoms with Crippen LogP contribution < -0.4 is 15.8 Å². The van der Waals surface area contributed by atoms with Crippen LogP contribution in [0.2, 0.25) is 0 Å². The summed E-state index contributed by atoms with van der Waals surface area (Å²) in [7, 11) is 1.61. The van der Waals surface area contributed by atoms with E-state index in [1.807, 2.05) is 36.4 Å². The molecular formula is C13H18N2O2.